The van der Waals surface area contributed by atoms with Crippen molar-refractivity contribution in [3.63, 3.8) is 0 Å². The van der Waals surface area contributed by atoms with Crippen LogP contribution < -0.4 is 10.6 Å². The summed E-state index contributed by atoms with van der Waals surface area (Å²) in [6, 6.07) is 4.84. The Morgan fingerprint density at radius 3 is 2.33 bits per heavy atom. The molecule has 0 unspecified atom stereocenters. The number of halogens is 1. The maximum Gasteiger partial charge on any atom is 0.303 e. The van der Waals surface area contributed by atoms with E-state index in [1.54, 1.807) is 18.2 Å². The van der Waals surface area contributed by atoms with Crippen LogP contribution in [0.4, 0.5) is 0 Å². The summed E-state index contributed by atoms with van der Waals surface area (Å²) in [6.07, 6.45) is 1.76. The molecule has 0 atom stereocenters. The first-order valence-corrected chi connectivity index (χ1v) is 9.22. The third kappa shape index (κ3) is 9.75. The molecule has 0 aliphatic carbocycles. The zero-order valence-electron chi connectivity index (χ0n) is 15.3. The Morgan fingerprint density at radius 2 is 1.67 bits per heavy atom. The van der Waals surface area contributed by atoms with Gasteiger partial charge in [0.15, 0.2) is 5.78 Å². The predicted molar refractivity (Wildman–Crippen MR) is 102 cm³/mol. The molecule has 1 aromatic rings. The maximum atomic E-state index is 12.4. The zero-order valence-corrected chi connectivity index (χ0v) is 16.1. The first-order chi connectivity index (χ1) is 12.8. The lowest BCUT2D eigenvalue weighted by Gasteiger charge is -2.09. The zero-order chi connectivity index (χ0) is 20.2. The van der Waals surface area contributed by atoms with E-state index >= 15 is 0 Å². The Balaban J connectivity index is 2.39. The topological polar surface area (TPSA) is 113 Å². The normalized spacial score (nSPS) is 10.3. The quantitative estimate of drug-likeness (QED) is 0.371. The summed E-state index contributed by atoms with van der Waals surface area (Å²) in [6.45, 7) is 2.25. The minimum Gasteiger partial charge on any atom is -0.481 e. The van der Waals surface area contributed by atoms with Crippen LogP contribution in [0.3, 0.4) is 0 Å². The fraction of sp³-hybridized carbons (Fsp3) is 0.474. The van der Waals surface area contributed by atoms with Crippen LogP contribution >= 0.6 is 11.6 Å². The van der Waals surface area contributed by atoms with E-state index in [0.29, 0.717) is 48.5 Å². The molecule has 0 heterocycles. The molecule has 0 aliphatic heterocycles. The molecular formula is C19H25ClN2O5. The molecule has 8 heteroatoms. The molecule has 0 saturated heterocycles. The van der Waals surface area contributed by atoms with Crippen molar-refractivity contribution in [3.05, 3.63) is 34.3 Å². The Hall–Kier alpha value is -2.41. The Bertz CT molecular complexity index is 691. The molecule has 3 N–H and O–H groups in total. The van der Waals surface area contributed by atoms with E-state index in [2.05, 4.69) is 10.6 Å². The Labute approximate surface area is 163 Å². The van der Waals surface area contributed by atoms with Crippen LogP contribution in [0.1, 0.15) is 54.9 Å². The van der Waals surface area contributed by atoms with Crippen molar-refractivity contribution in [2.75, 3.05) is 13.1 Å². The molecule has 0 saturated carbocycles. The molecule has 148 valence electrons. The number of carbonyl (C=O) groups excluding carboxylic acids is 3. The highest BCUT2D eigenvalue weighted by Gasteiger charge is 2.13. The Kier molecular flexibility index (Phi) is 10.1. The number of carbonyl (C=O) groups is 4. The minimum absolute atomic E-state index is 0.0742. The van der Waals surface area contributed by atoms with Crippen molar-refractivity contribution < 1.29 is 24.3 Å². The van der Waals surface area contributed by atoms with Gasteiger partial charge in [-0.3, -0.25) is 19.2 Å². The minimum atomic E-state index is -0.936. The molecule has 0 fully saturated rings. The van der Waals surface area contributed by atoms with E-state index in [0.717, 1.165) is 0 Å². The van der Waals surface area contributed by atoms with Crippen molar-refractivity contribution in [2.24, 2.45) is 0 Å². The molecule has 27 heavy (non-hydrogen) atoms. The standard InChI is InChI=1S/C19H25ClN2O5/c1-13(23)21-10-3-5-18(25)22-11-2-4-17(24)16-8-7-15(20)12-14(16)6-9-19(26)27/h7-8,12H,2-6,9-11H2,1H3,(H,21,23)(H,22,25)(H,26,27). The van der Waals surface area contributed by atoms with Crippen molar-refractivity contribution >= 4 is 35.2 Å². The highest BCUT2D eigenvalue weighted by Crippen LogP contribution is 2.19. The number of amides is 2. The highest BCUT2D eigenvalue weighted by molar-refractivity contribution is 6.30. The van der Waals surface area contributed by atoms with Gasteiger partial charge >= 0.3 is 5.97 Å². The SMILES string of the molecule is CC(=O)NCCCC(=O)NCCCC(=O)c1ccc(Cl)cc1CCC(=O)O. The molecule has 1 rings (SSSR count). The van der Waals surface area contributed by atoms with Gasteiger partial charge in [0.1, 0.15) is 0 Å². The number of benzene rings is 1. The summed E-state index contributed by atoms with van der Waals surface area (Å²) in [5, 5.41) is 14.6. The van der Waals surface area contributed by atoms with Gasteiger partial charge in [0.25, 0.3) is 0 Å². The van der Waals surface area contributed by atoms with Gasteiger partial charge in [-0.2, -0.15) is 0 Å². The van der Waals surface area contributed by atoms with Crippen molar-refractivity contribution in [1.29, 1.82) is 0 Å². The molecule has 0 bridgehead atoms. The van der Waals surface area contributed by atoms with Gasteiger partial charge in [-0.25, -0.2) is 0 Å². The summed E-state index contributed by atoms with van der Waals surface area (Å²) >= 11 is 5.94. The van der Waals surface area contributed by atoms with Crippen molar-refractivity contribution in [1.82, 2.24) is 10.6 Å². The summed E-state index contributed by atoms with van der Waals surface area (Å²) < 4.78 is 0. The number of Topliss-reactive ketones (excluding diaryl/α,β-unsaturated/α-hetero) is 1. The summed E-state index contributed by atoms with van der Waals surface area (Å²) in [5.41, 5.74) is 1.10. The lowest BCUT2D eigenvalue weighted by atomic mass is 9.97. The second-order valence-electron chi connectivity index (χ2n) is 6.16. The molecular weight excluding hydrogens is 372 g/mol. The van der Waals surface area contributed by atoms with Crippen LogP contribution in [-0.2, 0) is 20.8 Å². The third-order valence-corrected chi connectivity index (χ3v) is 4.07. The first-order valence-electron chi connectivity index (χ1n) is 8.84. The fourth-order valence-electron chi connectivity index (χ4n) is 2.50. The first kappa shape index (κ1) is 22.6. The van der Waals surface area contributed by atoms with E-state index in [4.69, 9.17) is 16.7 Å². The van der Waals surface area contributed by atoms with E-state index in [-0.39, 0.29) is 36.9 Å². The molecule has 2 amide bonds. The van der Waals surface area contributed by atoms with Crippen LogP contribution in [0, 0.1) is 0 Å². The van der Waals surface area contributed by atoms with Crippen LogP contribution in [0.2, 0.25) is 5.02 Å². The average Bonchev–Trinajstić information content (AvgIpc) is 2.60. The number of nitrogens with one attached hydrogen (secondary N) is 2. The summed E-state index contributed by atoms with van der Waals surface area (Å²) in [4.78, 5) is 45.5. The third-order valence-electron chi connectivity index (χ3n) is 3.83. The number of aryl methyl sites for hydroxylation is 1. The largest absolute Gasteiger partial charge is 0.481 e. The fourth-order valence-corrected chi connectivity index (χ4v) is 2.69. The van der Waals surface area contributed by atoms with Gasteiger partial charge < -0.3 is 15.7 Å². The van der Waals surface area contributed by atoms with Crippen LogP contribution in [-0.4, -0.2) is 41.8 Å². The van der Waals surface area contributed by atoms with Crippen molar-refractivity contribution in [2.45, 2.75) is 45.4 Å². The van der Waals surface area contributed by atoms with E-state index < -0.39 is 5.97 Å². The lowest BCUT2D eigenvalue weighted by Crippen LogP contribution is -2.27. The van der Waals surface area contributed by atoms with Gasteiger partial charge in [0.05, 0.1) is 0 Å². The predicted octanol–water partition coefficient (Wildman–Crippen LogP) is 2.35. The van der Waals surface area contributed by atoms with E-state index in [9.17, 15) is 19.2 Å². The van der Waals surface area contributed by atoms with Gasteiger partial charge in [-0.15, -0.1) is 0 Å². The molecule has 0 radical (unpaired) electrons. The van der Waals surface area contributed by atoms with Crippen molar-refractivity contribution in [3.8, 4) is 0 Å². The highest BCUT2D eigenvalue weighted by atomic mass is 35.5. The van der Waals surface area contributed by atoms with E-state index in [1.165, 1.54) is 6.92 Å². The molecule has 7 nitrogen and oxygen atoms in total. The average molecular weight is 397 g/mol. The summed E-state index contributed by atoms with van der Waals surface area (Å²) in [5.74, 6) is -1.29. The number of carboxylic acids is 1. The van der Waals surface area contributed by atoms with Gasteiger partial charge in [-0.1, -0.05) is 11.6 Å². The molecule has 1 aromatic carbocycles. The van der Waals surface area contributed by atoms with Gasteiger partial charge in [0, 0.05) is 49.9 Å². The molecule has 0 spiro atoms. The van der Waals surface area contributed by atoms with E-state index in [1.807, 2.05) is 0 Å². The second kappa shape index (κ2) is 12.1. The smallest absolute Gasteiger partial charge is 0.303 e. The Morgan fingerprint density at radius 1 is 1.00 bits per heavy atom. The second-order valence-corrected chi connectivity index (χ2v) is 6.59. The monoisotopic (exact) mass is 396 g/mol. The number of hydrogen-bond acceptors (Lipinski definition) is 4. The lowest BCUT2D eigenvalue weighted by molar-refractivity contribution is -0.137. The number of aliphatic carboxylic acids is 1. The number of ketones is 1. The van der Waals surface area contributed by atoms with Crippen LogP contribution in [0.25, 0.3) is 0 Å². The molecule has 0 aliphatic rings. The maximum absolute atomic E-state index is 12.4. The number of hydrogen-bond donors (Lipinski definition) is 3. The van der Waals surface area contributed by atoms with Gasteiger partial charge in [-0.05, 0) is 43.0 Å². The van der Waals surface area contributed by atoms with Crippen LogP contribution in [0.15, 0.2) is 18.2 Å². The summed E-state index contributed by atoms with van der Waals surface area (Å²) in [7, 11) is 0. The molecule has 0 aromatic heterocycles. The van der Waals surface area contributed by atoms with Gasteiger partial charge in [0.2, 0.25) is 11.8 Å². The number of rotatable bonds is 12. The number of carboxylic acid groups (broad SMARTS) is 1. The van der Waals surface area contributed by atoms with Crippen LogP contribution in [0.5, 0.6) is 0 Å².